The van der Waals surface area contributed by atoms with Crippen molar-refractivity contribution >= 4 is 15.9 Å². The molecule has 1 rings (SSSR count). The topological polar surface area (TPSA) is 12.0 Å². The van der Waals surface area contributed by atoms with Crippen molar-refractivity contribution in [3.63, 3.8) is 0 Å². The number of rotatable bonds is 4. The van der Waals surface area contributed by atoms with E-state index in [-0.39, 0.29) is 0 Å². The highest BCUT2D eigenvalue weighted by molar-refractivity contribution is 9.09. The fourth-order valence-electron chi connectivity index (χ4n) is 1.41. The summed E-state index contributed by atoms with van der Waals surface area (Å²) in [7, 11) is 0. The zero-order valence-electron chi connectivity index (χ0n) is 8.23. The molecule has 0 aliphatic rings. The Morgan fingerprint density at radius 2 is 1.85 bits per heavy atom. The van der Waals surface area contributed by atoms with Crippen molar-refractivity contribution in [3.05, 3.63) is 34.9 Å². The minimum Gasteiger partial charge on any atom is -0.312 e. The van der Waals surface area contributed by atoms with Gasteiger partial charge in [0.2, 0.25) is 0 Å². The minimum atomic E-state index is 0.976. The predicted octanol–water partition coefficient (Wildman–Crippen LogP) is 2.79. The Bertz CT molecular complexity index is 251. The normalized spacial score (nSPS) is 10.4. The van der Waals surface area contributed by atoms with Crippen LogP contribution < -0.4 is 5.32 Å². The summed E-state index contributed by atoms with van der Waals surface area (Å²) in [5.74, 6) is 0. The SMILES string of the molecule is Cc1cccc(C)c1CNCCBr. The van der Waals surface area contributed by atoms with Gasteiger partial charge >= 0.3 is 0 Å². The third-order valence-electron chi connectivity index (χ3n) is 2.22. The van der Waals surface area contributed by atoms with Gasteiger partial charge in [-0.2, -0.15) is 0 Å². The highest BCUT2D eigenvalue weighted by Crippen LogP contribution is 2.12. The first kappa shape index (κ1) is 10.7. The molecule has 0 saturated heterocycles. The van der Waals surface area contributed by atoms with E-state index < -0.39 is 0 Å². The van der Waals surface area contributed by atoms with Crippen LogP contribution in [0.3, 0.4) is 0 Å². The molecule has 1 N–H and O–H groups in total. The smallest absolute Gasteiger partial charge is 0.0211 e. The van der Waals surface area contributed by atoms with Gasteiger partial charge in [0.15, 0.2) is 0 Å². The van der Waals surface area contributed by atoms with E-state index in [1.165, 1.54) is 16.7 Å². The predicted molar refractivity (Wildman–Crippen MR) is 61.4 cm³/mol. The second-order valence-corrected chi connectivity index (χ2v) is 4.03. The van der Waals surface area contributed by atoms with Gasteiger partial charge in [0.05, 0.1) is 0 Å². The molecule has 0 bridgehead atoms. The van der Waals surface area contributed by atoms with E-state index in [0.717, 1.165) is 18.4 Å². The summed E-state index contributed by atoms with van der Waals surface area (Å²) in [6, 6.07) is 6.44. The lowest BCUT2D eigenvalue weighted by atomic mass is 10.0. The summed E-state index contributed by atoms with van der Waals surface area (Å²) >= 11 is 3.40. The van der Waals surface area contributed by atoms with E-state index in [0.29, 0.717) is 0 Å². The van der Waals surface area contributed by atoms with Crippen LogP contribution in [0.1, 0.15) is 16.7 Å². The maximum absolute atomic E-state index is 3.40. The Morgan fingerprint density at radius 3 is 2.38 bits per heavy atom. The molecule has 1 aromatic rings. The molecule has 0 spiro atoms. The van der Waals surface area contributed by atoms with Gasteiger partial charge in [-0.15, -0.1) is 0 Å². The lowest BCUT2D eigenvalue weighted by Gasteiger charge is -2.09. The van der Waals surface area contributed by atoms with Crippen LogP contribution in [0.15, 0.2) is 18.2 Å². The minimum absolute atomic E-state index is 0.976. The number of benzene rings is 1. The average molecular weight is 242 g/mol. The molecule has 0 aliphatic carbocycles. The maximum atomic E-state index is 3.40. The molecule has 1 nitrogen and oxygen atoms in total. The monoisotopic (exact) mass is 241 g/mol. The van der Waals surface area contributed by atoms with Gasteiger partial charge < -0.3 is 5.32 Å². The number of halogens is 1. The molecule has 2 heteroatoms. The van der Waals surface area contributed by atoms with Gasteiger partial charge in [-0.05, 0) is 30.5 Å². The number of nitrogens with one attached hydrogen (secondary N) is 1. The van der Waals surface area contributed by atoms with Crippen LogP contribution >= 0.6 is 15.9 Å². The molecule has 72 valence electrons. The van der Waals surface area contributed by atoms with E-state index in [9.17, 15) is 0 Å². The van der Waals surface area contributed by atoms with Crippen molar-refractivity contribution in [3.8, 4) is 0 Å². The van der Waals surface area contributed by atoms with Crippen molar-refractivity contribution in [2.45, 2.75) is 20.4 Å². The number of hydrogen-bond acceptors (Lipinski definition) is 1. The van der Waals surface area contributed by atoms with E-state index in [2.05, 4.69) is 53.3 Å². The zero-order valence-corrected chi connectivity index (χ0v) is 9.82. The second kappa shape index (κ2) is 5.40. The largest absolute Gasteiger partial charge is 0.312 e. The standard InChI is InChI=1S/C11H16BrN/c1-9-4-3-5-10(2)11(9)8-13-7-6-12/h3-5,13H,6-8H2,1-2H3. The molecule has 0 radical (unpaired) electrons. The highest BCUT2D eigenvalue weighted by atomic mass is 79.9. The summed E-state index contributed by atoms with van der Waals surface area (Å²) in [4.78, 5) is 0. The lowest BCUT2D eigenvalue weighted by Crippen LogP contribution is -2.16. The molecule has 1 aromatic carbocycles. The van der Waals surface area contributed by atoms with Crippen molar-refractivity contribution in [1.29, 1.82) is 0 Å². The van der Waals surface area contributed by atoms with E-state index in [1.807, 2.05) is 0 Å². The molecule has 0 unspecified atom stereocenters. The van der Waals surface area contributed by atoms with E-state index in [1.54, 1.807) is 0 Å². The molecule has 0 amide bonds. The Labute approximate surface area is 88.7 Å². The van der Waals surface area contributed by atoms with Crippen molar-refractivity contribution < 1.29 is 0 Å². The average Bonchev–Trinajstić information content (AvgIpc) is 2.10. The summed E-state index contributed by atoms with van der Waals surface area (Å²) in [6.07, 6.45) is 0. The Balaban J connectivity index is 2.64. The quantitative estimate of drug-likeness (QED) is 0.632. The van der Waals surface area contributed by atoms with Gasteiger partial charge in [0.1, 0.15) is 0 Å². The van der Waals surface area contributed by atoms with Crippen molar-refractivity contribution in [2.24, 2.45) is 0 Å². The van der Waals surface area contributed by atoms with Crippen LogP contribution in [-0.2, 0) is 6.54 Å². The molecular formula is C11H16BrN. The van der Waals surface area contributed by atoms with Crippen LogP contribution in [0.5, 0.6) is 0 Å². The molecule has 0 saturated carbocycles. The van der Waals surface area contributed by atoms with Crippen LogP contribution in [0, 0.1) is 13.8 Å². The molecule has 13 heavy (non-hydrogen) atoms. The zero-order chi connectivity index (χ0) is 9.68. The van der Waals surface area contributed by atoms with E-state index >= 15 is 0 Å². The molecule has 0 heterocycles. The van der Waals surface area contributed by atoms with Crippen LogP contribution in [0.25, 0.3) is 0 Å². The summed E-state index contributed by atoms with van der Waals surface area (Å²) in [5.41, 5.74) is 4.19. The van der Waals surface area contributed by atoms with Crippen LogP contribution in [0.2, 0.25) is 0 Å². The van der Waals surface area contributed by atoms with Crippen molar-refractivity contribution in [2.75, 3.05) is 11.9 Å². The summed E-state index contributed by atoms with van der Waals surface area (Å²) < 4.78 is 0. The fourth-order valence-corrected chi connectivity index (χ4v) is 1.69. The third kappa shape index (κ3) is 3.12. The molecule has 0 fully saturated rings. The van der Waals surface area contributed by atoms with Gasteiger partial charge in [-0.3, -0.25) is 0 Å². The van der Waals surface area contributed by atoms with Crippen LogP contribution in [-0.4, -0.2) is 11.9 Å². The van der Waals surface area contributed by atoms with Gasteiger partial charge in [0, 0.05) is 18.4 Å². The summed E-state index contributed by atoms with van der Waals surface area (Å²) in [6.45, 7) is 6.33. The van der Waals surface area contributed by atoms with Crippen molar-refractivity contribution in [1.82, 2.24) is 5.32 Å². The summed E-state index contributed by atoms with van der Waals surface area (Å²) in [5, 5.41) is 4.40. The fraction of sp³-hybridized carbons (Fsp3) is 0.455. The first-order valence-corrected chi connectivity index (χ1v) is 5.69. The molecule has 0 aliphatic heterocycles. The Hall–Kier alpha value is -0.340. The first-order chi connectivity index (χ1) is 6.25. The van der Waals surface area contributed by atoms with Gasteiger partial charge in [-0.1, -0.05) is 34.1 Å². The maximum Gasteiger partial charge on any atom is 0.0211 e. The number of hydrogen-bond donors (Lipinski definition) is 1. The molecule has 0 atom stereocenters. The highest BCUT2D eigenvalue weighted by Gasteiger charge is 1.99. The van der Waals surface area contributed by atoms with Crippen LogP contribution in [0.4, 0.5) is 0 Å². The Kier molecular flexibility index (Phi) is 4.46. The first-order valence-electron chi connectivity index (χ1n) is 4.57. The van der Waals surface area contributed by atoms with E-state index in [4.69, 9.17) is 0 Å². The molecule has 0 aromatic heterocycles. The number of aryl methyl sites for hydroxylation is 2. The third-order valence-corrected chi connectivity index (χ3v) is 2.61. The lowest BCUT2D eigenvalue weighted by molar-refractivity contribution is 0.727. The van der Waals surface area contributed by atoms with Gasteiger partial charge in [0.25, 0.3) is 0 Å². The second-order valence-electron chi connectivity index (χ2n) is 3.24. The number of alkyl halides is 1. The molecular weight excluding hydrogens is 226 g/mol. The Morgan fingerprint density at radius 1 is 1.23 bits per heavy atom. The van der Waals surface area contributed by atoms with Gasteiger partial charge in [-0.25, -0.2) is 0 Å².